The number of benzene rings is 1. The fourth-order valence-electron chi connectivity index (χ4n) is 2.15. The molecule has 1 atom stereocenters. The normalized spacial score (nSPS) is 20.3. The minimum atomic E-state index is -0.939. The van der Waals surface area contributed by atoms with Gasteiger partial charge < -0.3 is 14.6 Å². The summed E-state index contributed by atoms with van der Waals surface area (Å²) < 4.78 is 10.6. The first-order valence-corrected chi connectivity index (χ1v) is 6.41. The van der Waals surface area contributed by atoms with Gasteiger partial charge in [0.05, 0.1) is 25.9 Å². The zero-order chi connectivity index (χ0) is 13.5. The van der Waals surface area contributed by atoms with E-state index in [1.165, 1.54) is 5.56 Å². The highest BCUT2D eigenvalue weighted by Gasteiger charge is 2.23. The SMILES string of the molecule is O=C(O)COC[C@@H]1COCCN1Cc1ccccc1. The van der Waals surface area contributed by atoms with Gasteiger partial charge in [0, 0.05) is 13.1 Å². The van der Waals surface area contributed by atoms with Gasteiger partial charge in [0.1, 0.15) is 6.61 Å². The molecule has 19 heavy (non-hydrogen) atoms. The maximum atomic E-state index is 10.4. The predicted molar refractivity (Wildman–Crippen MR) is 69.9 cm³/mol. The van der Waals surface area contributed by atoms with E-state index in [2.05, 4.69) is 17.0 Å². The van der Waals surface area contributed by atoms with E-state index in [1.807, 2.05) is 18.2 Å². The third kappa shape index (κ3) is 4.63. The molecule has 1 aliphatic heterocycles. The van der Waals surface area contributed by atoms with Gasteiger partial charge in [-0.25, -0.2) is 4.79 Å². The first-order chi connectivity index (χ1) is 9.25. The van der Waals surface area contributed by atoms with E-state index in [0.29, 0.717) is 19.8 Å². The summed E-state index contributed by atoms with van der Waals surface area (Å²) in [4.78, 5) is 12.7. The van der Waals surface area contributed by atoms with Crippen LogP contribution >= 0.6 is 0 Å². The second-order valence-electron chi connectivity index (χ2n) is 4.59. The Kier molecular flexibility index (Phi) is 5.32. The van der Waals surface area contributed by atoms with Gasteiger partial charge in [-0.15, -0.1) is 0 Å². The minimum absolute atomic E-state index is 0.119. The van der Waals surface area contributed by atoms with E-state index in [1.54, 1.807) is 0 Å². The van der Waals surface area contributed by atoms with Gasteiger partial charge in [-0.3, -0.25) is 4.90 Å². The fourth-order valence-corrected chi connectivity index (χ4v) is 2.15. The van der Waals surface area contributed by atoms with Crippen molar-refractivity contribution < 1.29 is 19.4 Å². The van der Waals surface area contributed by atoms with Crippen LogP contribution in [0.4, 0.5) is 0 Å². The van der Waals surface area contributed by atoms with Gasteiger partial charge in [0.25, 0.3) is 0 Å². The van der Waals surface area contributed by atoms with Gasteiger partial charge >= 0.3 is 5.97 Å². The van der Waals surface area contributed by atoms with Gasteiger partial charge in [0.2, 0.25) is 0 Å². The maximum Gasteiger partial charge on any atom is 0.329 e. The molecule has 1 heterocycles. The number of hydrogen-bond acceptors (Lipinski definition) is 4. The highest BCUT2D eigenvalue weighted by atomic mass is 16.5. The van der Waals surface area contributed by atoms with Crippen molar-refractivity contribution in [2.45, 2.75) is 12.6 Å². The summed E-state index contributed by atoms with van der Waals surface area (Å²) in [6.07, 6.45) is 0. The molecule has 0 bridgehead atoms. The van der Waals surface area contributed by atoms with Gasteiger partial charge in [-0.1, -0.05) is 30.3 Å². The second kappa shape index (κ2) is 7.23. The van der Waals surface area contributed by atoms with Crippen LogP contribution in [0.3, 0.4) is 0 Å². The molecule has 104 valence electrons. The number of aliphatic carboxylic acids is 1. The average Bonchev–Trinajstić information content (AvgIpc) is 2.41. The Labute approximate surface area is 112 Å². The molecule has 0 spiro atoms. The Hall–Kier alpha value is -1.43. The van der Waals surface area contributed by atoms with E-state index in [-0.39, 0.29) is 12.6 Å². The van der Waals surface area contributed by atoms with E-state index in [4.69, 9.17) is 14.6 Å². The summed E-state index contributed by atoms with van der Waals surface area (Å²) in [7, 11) is 0. The van der Waals surface area contributed by atoms with Crippen LogP contribution in [0.25, 0.3) is 0 Å². The molecule has 1 saturated heterocycles. The highest BCUT2D eigenvalue weighted by Crippen LogP contribution is 2.12. The summed E-state index contributed by atoms with van der Waals surface area (Å²) in [5, 5.41) is 8.57. The van der Waals surface area contributed by atoms with Crippen LogP contribution in [0.15, 0.2) is 30.3 Å². The van der Waals surface area contributed by atoms with Crippen molar-refractivity contribution in [3.63, 3.8) is 0 Å². The summed E-state index contributed by atoms with van der Waals surface area (Å²) in [6.45, 7) is 3.12. The van der Waals surface area contributed by atoms with Crippen LogP contribution < -0.4 is 0 Å². The van der Waals surface area contributed by atoms with E-state index in [0.717, 1.165) is 13.1 Å². The van der Waals surface area contributed by atoms with E-state index in [9.17, 15) is 4.79 Å². The molecule has 0 aliphatic carbocycles. The van der Waals surface area contributed by atoms with Crippen LogP contribution in [0.1, 0.15) is 5.56 Å². The zero-order valence-corrected chi connectivity index (χ0v) is 10.8. The minimum Gasteiger partial charge on any atom is -0.480 e. The Bertz CT molecular complexity index is 396. The monoisotopic (exact) mass is 265 g/mol. The predicted octanol–water partition coefficient (Wildman–Crippen LogP) is 0.989. The van der Waals surface area contributed by atoms with Crippen molar-refractivity contribution in [3.8, 4) is 0 Å². The molecule has 0 radical (unpaired) electrons. The molecule has 5 nitrogen and oxygen atoms in total. The summed E-state index contributed by atoms with van der Waals surface area (Å²) in [6, 6.07) is 10.3. The molecule has 1 aromatic rings. The second-order valence-corrected chi connectivity index (χ2v) is 4.59. The molecule has 2 rings (SSSR count). The third-order valence-corrected chi connectivity index (χ3v) is 3.11. The smallest absolute Gasteiger partial charge is 0.329 e. The van der Waals surface area contributed by atoms with Crippen LogP contribution in [-0.4, -0.2) is 55.0 Å². The number of carbonyl (C=O) groups is 1. The summed E-state index contributed by atoms with van der Waals surface area (Å²) >= 11 is 0. The first kappa shape index (κ1) is 14.0. The number of ether oxygens (including phenoxy) is 2. The van der Waals surface area contributed by atoms with Crippen molar-refractivity contribution in [1.29, 1.82) is 0 Å². The number of carboxylic acid groups (broad SMARTS) is 1. The third-order valence-electron chi connectivity index (χ3n) is 3.11. The van der Waals surface area contributed by atoms with Crippen LogP contribution in [0.5, 0.6) is 0 Å². The van der Waals surface area contributed by atoms with Crippen LogP contribution in [0.2, 0.25) is 0 Å². The number of rotatable bonds is 6. The molecule has 0 aromatic heterocycles. The fraction of sp³-hybridized carbons (Fsp3) is 0.500. The van der Waals surface area contributed by atoms with Gasteiger partial charge in [-0.05, 0) is 5.56 Å². The van der Waals surface area contributed by atoms with Crippen molar-refractivity contribution in [3.05, 3.63) is 35.9 Å². The lowest BCUT2D eigenvalue weighted by atomic mass is 10.1. The topological polar surface area (TPSA) is 59.0 Å². The largest absolute Gasteiger partial charge is 0.480 e. The Balaban J connectivity index is 1.86. The molecule has 5 heteroatoms. The van der Waals surface area contributed by atoms with Crippen molar-refractivity contribution in [2.75, 3.05) is 33.0 Å². The van der Waals surface area contributed by atoms with Crippen LogP contribution in [0, 0.1) is 0 Å². The summed E-state index contributed by atoms with van der Waals surface area (Å²) in [5.74, 6) is -0.939. The number of morpholine rings is 1. The summed E-state index contributed by atoms with van der Waals surface area (Å²) in [5.41, 5.74) is 1.24. The molecule has 1 aromatic carbocycles. The molecular weight excluding hydrogens is 246 g/mol. The zero-order valence-electron chi connectivity index (χ0n) is 10.8. The van der Waals surface area contributed by atoms with Gasteiger partial charge in [-0.2, -0.15) is 0 Å². The number of hydrogen-bond donors (Lipinski definition) is 1. The molecule has 0 amide bonds. The standard InChI is InChI=1S/C14H19NO4/c16-14(17)11-19-10-13-9-18-7-6-15(13)8-12-4-2-1-3-5-12/h1-5,13H,6-11H2,(H,16,17)/t13-/m0/s1. The van der Waals surface area contributed by atoms with Crippen molar-refractivity contribution in [2.24, 2.45) is 0 Å². The number of carboxylic acids is 1. The van der Waals surface area contributed by atoms with Crippen LogP contribution in [-0.2, 0) is 20.8 Å². The Morgan fingerprint density at radius 1 is 1.42 bits per heavy atom. The highest BCUT2D eigenvalue weighted by molar-refractivity contribution is 5.67. The lowest BCUT2D eigenvalue weighted by Crippen LogP contribution is -2.47. The Morgan fingerprint density at radius 2 is 2.21 bits per heavy atom. The molecule has 1 N–H and O–H groups in total. The molecule has 1 aliphatic rings. The molecular formula is C14H19NO4. The average molecular weight is 265 g/mol. The molecule has 1 fully saturated rings. The van der Waals surface area contributed by atoms with Crippen molar-refractivity contribution >= 4 is 5.97 Å². The quantitative estimate of drug-likeness (QED) is 0.831. The van der Waals surface area contributed by atoms with Crippen molar-refractivity contribution in [1.82, 2.24) is 4.90 Å². The molecule has 0 unspecified atom stereocenters. The Morgan fingerprint density at radius 3 is 2.95 bits per heavy atom. The van der Waals surface area contributed by atoms with Gasteiger partial charge in [0.15, 0.2) is 0 Å². The van der Waals surface area contributed by atoms with E-state index >= 15 is 0 Å². The maximum absolute atomic E-state index is 10.4. The van der Waals surface area contributed by atoms with E-state index < -0.39 is 5.97 Å². The molecule has 0 saturated carbocycles. The number of nitrogens with zero attached hydrogens (tertiary/aromatic N) is 1. The lowest BCUT2D eigenvalue weighted by Gasteiger charge is -2.35. The first-order valence-electron chi connectivity index (χ1n) is 6.41. The lowest BCUT2D eigenvalue weighted by molar-refractivity contribution is -0.143.